The summed E-state index contributed by atoms with van der Waals surface area (Å²) in [6.45, 7) is 2.00. The molecule has 1 aliphatic heterocycles. The molecule has 4 heteroatoms. The number of halogens is 1. The van der Waals surface area contributed by atoms with Gasteiger partial charge in [0.15, 0.2) is 0 Å². The minimum Gasteiger partial charge on any atom is -0.370 e. The lowest BCUT2D eigenvalue weighted by atomic mass is 10.0. The summed E-state index contributed by atoms with van der Waals surface area (Å²) in [7, 11) is 0. The second-order valence-electron chi connectivity index (χ2n) is 4.84. The normalized spacial score (nSPS) is 15.5. The average Bonchev–Trinajstić information content (AvgIpc) is 2.46. The van der Waals surface area contributed by atoms with Crippen LogP contribution in [0.4, 0.5) is 5.69 Å². The van der Waals surface area contributed by atoms with Crippen LogP contribution in [0.25, 0.3) is 10.9 Å². The Hall–Kier alpha value is -1.79. The van der Waals surface area contributed by atoms with E-state index in [-0.39, 0.29) is 0 Å². The summed E-state index contributed by atoms with van der Waals surface area (Å²) < 4.78 is 0. The zero-order chi connectivity index (χ0) is 13.2. The Morgan fingerprint density at radius 1 is 1.21 bits per heavy atom. The first-order chi connectivity index (χ1) is 9.29. The van der Waals surface area contributed by atoms with E-state index in [4.69, 9.17) is 11.6 Å². The van der Waals surface area contributed by atoms with Crippen molar-refractivity contribution >= 4 is 28.2 Å². The number of nitriles is 1. The van der Waals surface area contributed by atoms with Crippen LogP contribution in [0.5, 0.6) is 0 Å². The van der Waals surface area contributed by atoms with E-state index >= 15 is 0 Å². The van der Waals surface area contributed by atoms with Crippen molar-refractivity contribution < 1.29 is 0 Å². The number of aromatic nitrogens is 1. The van der Waals surface area contributed by atoms with Crippen LogP contribution in [-0.4, -0.2) is 18.1 Å². The van der Waals surface area contributed by atoms with Gasteiger partial charge in [-0.15, -0.1) is 0 Å². The molecule has 1 aromatic carbocycles. The Bertz CT molecular complexity index is 654. The van der Waals surface area contributed by atoms with Crippen molar-refractivity contribution in [1.29, 1.82) is 5.26 Å². The van der Waals surface area contributed by atoms with Gasteiger partial charge in [-0.05, 0) is 37.5 Å². The highest BCUT2D eigenvalue weighted by Crippen LogP contribution is 2.32. The fraction of sp³-hybridized carbons (Fsp3) is 0.333. The molecule has 2 heterocycles. The third kappa shape index (κ3) is 2.24. The van der Waals surface area contributed by atoms with Crippen molar-refractivity contribution in [3.8, 4) is 6.07 Å². The average molecular weight is 272 g/mol. The minimum absolute atomic E-state index is 0.636. The molecule has 1 aromatic heterocycles. The van der Waals surface area contributed by atoms with Gasteiger partial charge in [0.05, 0.1) is 16.8 Å². The van der Waals surface area contributed by atoms with E-state index in [2.05, 4.69) is 16.0 Å². The second kappa shape index (κ2) is 5.07. The third-order valence-electron chi connectivity index (χ3n) is 3.59. The highest BCUT2D eigenvalue weighted by molar-refractivity contribution is 6.31. The zero-order valence-corrected chi connectivity index (χ0v) is 11.3. The summed E-state index contributed by atoms with van der Waals surface area (Å²) >= 11 is 6.10. The number of rotatable bonds is 1. The molecule has 1 aliphatic rings. The molecule has 0 aliphatic carbocycles. The first-order valence-corrected chi connectivity index (χ1v) is 6.91. The lowest BCUT2D eigenvalue weighted by molar-refractivity contribution is 0.578. The maximum Gasteiger partial charge on any atom is 0.103 e. The van der Waals surface area contributed by atoms with E-state index in [0.29, 0.717) is 10.6 Å². The lowest BCUT2D eigenvalue weighted by Crippen LogP contribution is -2.30. The van der Waals surface area contributed by atoms with Gasteiger partial charge in [0.2, 0.25) is 0 Å². The van der Waals surface area contributed by atoms with E-state index in [1.807, 2.05) is 18.2 Å². The number of piperidine rings is 1. The molecule has 2 aromatic rings. The van der Waals surface area contributed by atoms with Crippen LogP contribution in [0, 0.1) is 11.3 Å². The lowest BCUT2D eigenvalue weighted by Gasteiger charge is -2.30. The number of hydrogen-bond donors (Lipinski definition) is 0. The molecule has 96 valence electrons. The molecule has 0 bridgehead atoms. The number of nitrogens with zero attached hydrogens (tertiary/aromatic N) is 3. The SMILES string of the molecule is N#Cc1cnc2ccc(Cl)cc2c1N1CCCCC1. The molecule has 0 spiro atoms. The van der Waals surface area contributed by atoms with E-state index in [1.54, 1.807) is 6.20 Å². The predicted octanol–water partition coefficient (Wildman–Crippen LogP) is 3.75. The Labute approximate surface area is 117 Å². The maximum absolute atomic E-state index is 9.33. The molecule has 0 N–H and O–H groups in total. The van der Waals surface area contributed by atoms with Crippen LogP contribution in [0.2, 0.25) is 5.02 Å². The van der Waals surface area contributed by atoms with Gasteiger partial charge in [0.1, 0.15) is 6.07 Å². The van der Waals surface area contributed by atoms with Gasteiger partial charge in [0, 0.05) is 29.7 Å². The first kappa shape index (κ1) is 12.3. The molecular formula is C15H14ClN3. The molecule has 3 nitrogen and oxygen atoms in total. The number of anilines is 1. The molecule has 0 atom stereocenters. The van der Waals surface area contributed by atoms with Crippen molar-refractivity contribution in [2.75, 3.05) is 18.0 Å². The highest BCUT2D eigenvalue weighted by atomic mass is 35.5. The Balaban J connectivity index is 2.23. The number of pyridine rings is 1. The van der Waals surface area contributed by atoms with E-state index in [0.717, 1.165) is 29.7 Å². The quantitative estimate of drug-likeness (QED) is 0.793. The Kier molecular flexibility index (Phi) is 3.27. The maximum atomic E-state index is 9.33. The number of fused-ring (bicyclic) bond motifs is 1. The minimum atomic E-state index is 0.636. The standard InChI is InChI=1S/C15H14ClN3/c16-12-4-5-14-13(8-12)15(11(9-17)10-18-14)19-6-2-1-3-7-19/h4-5,8,10H,1-3,6-7H2. The summed E-state index contributed by atoms with van der Waals surface area (Å²) in [6, 6.07) is 7.91. The summed E-state index contributed by atoms with van der Waals surface area (Å²) in [5.74, 6) is 0. The van der Waals surface area contributed by atoms with Crippen molar-refractivity contribution in [1.82, 2.24) is 4.98 Å². The molecule has 0 radical (unpaired) electrons. The van der Waals surface area contributed by atoms with E-state index in [1.165, 1.54) is 19.3 Å². The van der Waals surface area contributed by atoms with E-state index in [9.17, 15) is 5.26 Å². The fourth-order valence-electron chi connectivity index (χ4n) is 2.69. The molecule has 0 saturated carbocycles. The van der Waals surface area contributed by atoms with Gasteiger partial charge in [-0.1, -0.05) is 11.6 Å². The van der Waals surface area contributed by atoms with Crippen LogP contribution in [0.3, 0.4) is 0 Å². The Morgan fingerprint density at radius 3 is 2.74 bits per heavy atom. The topological polar surface area (TPSA) is 39.9 Å². The third-order valence-corrected chi connectivity index (χ3v) is 3.83. The zero-order valence-electron chi connectivity index (χ0n) is 10.6. The number of benzene rings is 1. The highest BCUT2D eigenvalue weighted by Gasteiger charge is 2.18. The van der Waals surface area contributed by atoms with Gasteiger partial charge < -0.3 is 4.90 Å². The summed E-state index contributed by atoms with van der Waals surface area (Å²) in [4.78, 5) is 6.63. The van der Waals surface area contributed by atoms with Crippen molar-refractivity contribution in [3.63, 3.8) is 0 Å². The molecule has 3 rings (SSSR count). The largest absolute Gasteiger partial charge is 0.370 e. The number of hydrogen-bond acceptors (Lipinski definition) is 3. The molecular weight excluding hydrogens is 258 g/mol. The molecule has 1 fully saturated rings. The predicted molar refractivity (Wildman–Crippen MR) is 77.5 cm³/mol. The van der Waals surface area contributed by atoms with E-state index < -0.39 is 0 Å². The Morgan fingerprint density at radius 2 is 2.00 bits per heavy atom. The summed E-state index contributed by atoms with van der Waals surface area (Å²) in [6.07, 6.45) is 5.28. The first-order valence-electron chi connectivity index (χ1n) is 6.53. The van der Waals surface area contributed by atoms with Crippen LogP contribution >= 0.6 is 11.6 Å². The summed E-state index contributed by atoms with van der Waals surface area (Å²) in [5.41, 5.74) is 2.52. The van der Waals surface area contributed by atoms with Gasteiger partial charge >= 0.3 is 0 Å². The van der Waals surface area contributed by atoms with Crippen LogP contribution in [-0.2, 0) is 0 Å². The molecule has 0 unspecified atom stereocenters. The van der Waals surface area contributed by atoms with Gasteiger partial charge in [-0.2, -0.15) is 5.26 Å². The van der Waals surface area contributed by atoms with Crippen molar-refractivity contribution in [3.05, 3.63) is 35.0 Å². The van der Waals surface area contributed by atoms with Gasteiger partial charge in [-0.3, -0.25) is 4.98 Å². The van der Waals surface area contributed by atoms with Crippen LogP contribution < -0.4 is 4.90 Å². The van der Waals surface area contributed by atoms with Gasteiger partial charge in [0.25, 0.3) is 0 Å². The summed E-state index contributed by atoms with van der Waals surface area (Å²) in [5, 5.41) is 11.0. The molecule has 19 heavy (non-hydrogen) atoms. The molecule has 0 amide bonds. The second-order valence-corrected chi connectivity index (χ2v) is 5.28. The smallest absolute Gasteiger partial charge is 0.103 e. The molecule has 1 saturated heterocycles. The monoisotopic (exact) mass is 271 g/mol. The fourth-order valence-corrected chi connectivity index (χ4v) is 2.86. The van der Waals surface area contributed by atoms with Gasteiger partial charge in [-0.25, -0.2) is 0 Å². The van der Waals surface area contributed by atoms with Crippen LogP contribution in [0.15, 0.2) is 24.4 Å². The van der Waals surface area contributed by atoms with Crippen molar-refractivity contribution in [2.45, 2.75) is 19.3 Å². The van der Waals surface area contributed by atoms with Crippen LogP contribution in [0.1, 0.15) is 24.8 Å². The van der Waals surface area contributed by atoms with Crippen molar-refractivity contribution in [2.24, 2.45) is 0 Å².